The zero-order valence-electron chi connectivity index (χ0n) is 17.2. The maximum atomic E-state index is 12.5. The molecule has 0 unspecified atom stereocenters. The Kier molecular flexibility index (Phi) is 5.46. The number of piperazine rings is 1. The van der Waals surface area contributed by atoms with E-state index in [1.165, 1.54) is 10.8 Å². The summed E-state index contributed by atoms with van der Waals surface area (Å²) in [6, 6.07) is 16.8. The van der Waals surface area contributed by atoms with Crippen LogP contribution in [0.3, 0.4) is 0 Å². The number of benzene rings is 2. The van der Waals surface area contributed by atoms with Gasteiger partial charge in [0, 0.05) is 61.1 Å². The van der Waals surface area contributed by atoms with E-state index < -0.39 is 6.10 Å². The van der Waals surface area contributed by atoms with E-state index in [1.807, 2.05) is 17.0 Å². The lowest BCUT2D eigenvalue weighted by Crippen LogP contribution is -2.52. The van der Waals surface area contributed by atoms with E-state index in [1.54, 1.807) is 0 Å². The summed E-state index contributed by atoms with van der Waals surface area (Å²) in [5.74, 6) is 0.137. The lowest BCUT2D eigenvalue weighted by Gasteiger charge is -2.36. The summed E-state index contributed by atoms with van der Waals surface area (Å²) in [6.45, 7) is 4.88. The number of para-hydroxylation sites is 2. The van der Waals surface area contributed by atoms with Gasteiger partial charge in [0.05, 0.1) is 12.6 Å². The number of aliphatic hydroxyl groups excluding tert-OH is 1. The van der Waals surface area contributed by atoms with E-state index >= 15 is 0 Å². The largest absolute Gasteiger partial charge is 0.390 e. The first kappa shape index (κ1) is 19.5. The second kappa shape index (κ2) is 8.38. The van der Waals surface area contributed by atoms with Crippen molar-refractivity contribution in [1.29, 1.82) is 0 Å². The van der Waals surface area contributed by atoms with Crippen LogP contribution in [0.2, 0.25) is 0 Å². The monoisotopic (exact) mass is 407 g/mol. The zero-order chi connectivity index (χ0) is 20.5. The van der Waals surface area contributed by atoms with Gasteiger partial charge in [0.15, 0.2) is 0 Å². The lowest BCUT2D eigenvalue weighted by molar-refractivity contribution is -0.142. The third kappa shape index (κ3) is 3.71. The van der Waals surface area contributed by atoms with Gasteiger partial charge in [-0.2, -0.15) is 0 Å². The topological polar surface area (TPSA) is 57.9 Å². The fourth-order valence-electron chi connectivity index (χ4n) is 4.89. The van der Waals surface area contributed by atoms with Crippen molar-refractivity contribution in [3.8, 4) is 0 Å². The van der Waals surface area contributed by atoms with Crippen LogP contribution in [-0.2, 0) is 16.1 Å². The summed E-state index contributed by atoms with van der Waals surface area (Å²) in [7, 11) is 0. The van der Waals surface area contributed by atoms with E-state index in [0.717, 1.165) is 37.0 Å². The average Bonchev–Trinajstić information content (AvgIpc) is 3.42. The highest BCUT2D eigenvalue weighted by molar-refractivity contribution is 6.07. The van der Waals surface area contributed by atoms with Gasteiger partial charge in [-0.25, -0.2) is 0 Å². The Bertz CT molecular complexity index is 979. The third-order valence-electron chi connectivity index (χ3n) is 6.43. The highest BCUT2D eigenvalue weighted by atomic mass is 16.5. The molecule has 1 amide bonds. The molecule has 0 spiro atoms. The van der Waals surface area contributed by atoms with Gasteiger partial charge in [0.1, 0.15) is 6.10 Å². The van der Waals surface area contributed by atoms with Crippen LogP contribution in [0.4, 0.5) is 0 Å². The molecule has 2 aliphatic rings. The SMILES string of the molecule is O=C([C@@H]1CCCO1)N1CCN(C[C@@H](O)Cn2c3ccccc3c3ccccc32)CC1. The summed E-state index contributed by atoms with van der Waals surface area (Å²) in [5, 5.41) is 13.3. The number of ether oxygens (including phenoxy) is 1. The predicted molar refractivity (Wildman–Crippen MR) is 117 cm³/mol. The van der Waals surface area contributed by atoms with Gasteiger partial charge < -0.3 is 19.3 Å². The number of carbonyl (C=O) groups excluding carboxylic acids is 1. The zero-order valence-corrected chi connectivity index (χ0v) is 17.2. The van der Waals surface area contributed by atoms with Gasteiger partial charge in [-0.1, -0.05) is 36.4 Å². The standard InChI is InChI=1S/C24H29N3O3/c28-18(16-25-11-13-26(14-12-25)24(29)23-10-5-15-30-23)17-27-21-8-3-1-6-19(21)20-7-2-4-9-22(20)27/h1-4,6-9,18,23,28H,5,10-17H2/t18-,23+/m1/s1. The van der Waals surface area contributed by atoms with Crippen LogP contribution >= 0.6 is 0 Å². The van der Waals surface area contributed by atoms with Crippen LogP contribution in [-0.4, -0.2) is 76.9 Å². The molecule has 2 saturated heterocycles. The van der Waals surface area contributed by atoms with Gasteiger partial charge in [-0.15, -0.1) is 0 Å². The Labute approximate surface area is 176 Å². The van der Waals surface area contributed by atoms with Gasteiger partial charge in [0.25, 0.3) is 5.91 Å². The number of aliphatic hydroxyl groups is 1. The first-order valence-corrected chi connectivity index (χ1v) is 11.0. The van der Waals surface area contributed by atoms with Crippen molar-refractivity contribution in [2.24, 2.45) is 0 Å². The van der Waals surface area contributed by atoms with Crippen LogP contribution in [0.5, 0.6) is 0 Å². The molecule has 2 aliphatic heterocycles. The van der Waals surface area contributed by atoms with Crippen LogP contribution in [0.1, 0.15) is 12.8 Å². The van der Waals surface area contributed by atoms with Crippen molar-refractivity contribution in [3.63, 3.8) is 0 Å². The highest BCUT2D eigenvalue weighted by Crippen LogP contribution is 2.29. The molecule has 3 aromatic rings. The van der Waals surface area contributed by atoms with Gasteiger partial charge in [0.2, 0.25) is 0 Å². The molecule has 6 heteroatoms. The molecular formula is C24H29N3O3. The number of amides is 1. The van der Waals surface area contributed by atoms with Crippen LogP contribution in [0.15, 0.2) is 48.5 Å². The molecule has 0 saturated carbocycles. The Morgan fingerprint density at radius 2 is 1.60 bits per heavy atom. The molecular weight excluding hydrogens is 378 g/mol. The van der Waals surface area contributed by atoms with Crippen molar-refractivity contribution in [1.82, 2.24) is 14.4 Å². The molecule has 158 valence electrons. The number of β-amino-alcohol motifs (C(OH)–C–C–N with tert-alkyl or cyclic N) is 1. The molecule has 0 bridgehead atoms. The molecule has 0 aliphatic carbocycles. The molecule has 2 aromatic carbocycles. The summed E-state index contributed by atoms with van der Waals surface area (Å²) in [6.07, 6.45) is 1.11. The van der Waals surface area contributed by atoms with E-state index in [2.05, 4.69) is 45.9 Å². The maximum absolute atomic E-state index is 12.5. The molecule has 0 radical (unpaired) electrons. The Morgan fingerprint density at radius 3 is 2.20 bits per heavy atom. The number of rotatable bonds is 5. The molecule has 30 heavy (non-hydrogen) atoms. The van der Waals surface area contributed by atoms with Crippen LogP contribution in [0, 0.1) is 0 Å². The summed E-state index contributed by atoms with van der Waals surface area (Å²) in [5.41, 5.74) is 2.31. The number of carbonyl (C=O) groups is 1. The van der Waals surface area contributed by atoms with Crippen LogP contribution < -0.4 is 0 Å². The molecule has 1 N–H and O–H groups in total. The fraction of sp³-hybridized carbons (Fsp3) is 0.458. The Morgan fingerprint density at radius 1 is 0.967 bits per heavy atom. The Hall–Kier alpha value is -2.41. The van der Waals surface area contributed by atoms with E-state index in [-0.39, 0.29) is 12.0 Å². The third-order valence-corrected chi connectivity index (χ3v) is 6.43. The minimum absolute atomic E-state index is 0.137. The van der Waals surface area contributed by atoms with E-state index in [4.69, 9.17) is 4.74 Å². The van der Waals surface area contributed by atoms with Gasteiger partial charge in [-0.3, -0.25) is 9.69 Å². The maximum Gasteiger partial charge on any atom is 0.251 e. The molecule has 5 rings (SSSR count). The predicted octanol–water partition coefficient (Wildman–Crippen LogP) is 2.48. The van der Waals surface area contributed by atoms with E-state index in [9.17, 15) is 9.90 Å². The van der Waals surface area contributed by atoms with Crippen molar-refractivity contribution in [3.05, 3.63) is 48.5 Å². The van der Waals surface area contributed by atoms with E-state index in [0.29, 0.717) is 32.8 Å². The molecule has 6 nitrogen and oxygen atoms in total. The highest BCUT2D eigenvalue weighted by Gasteiger charge is 2.30. The average molecular weight is 408 g/mol. The normalized spacial score (nSPS) is 21.5. The fourth-order valence-corrected chi connectivity index (χ4v) is 4.89. The minimum Gasteiger partial charge on any atom is -0.390 e. The number of hydrogen-bond acceptors (Lipinski definition) is 4. The lowest BCUT2D eigenvalue weighted by atomic mass is 10.2. The molecule has 3 heterocycles. The Balaban J connectivity index is 1.23. The number of fused-ring (bicyclic) bond motifs is 3. The van der Waals surface area contributed by atoms with Crippen molar-refractivity contribution in [2.75, 3.05) is 39.3 Å². The minimum atomic E-state index is -0.468. The smallest absolute Gasteiger partial charge is 0.251 e. The second-order valence-corrected chi connectivity index (χ2v) is 8.43. The first-order chi connectivity index (χ1) is 14.7. The first-order valence-electron chi connectivity index (χ1n) is 11.0. The summed E-state index contributed by atoms with van der Waals surface area (Å²) < 4.78 is 7.77. The number of nitrogens with zero attached hydrogens (tertiary/aromatic N) is 3. The van der Waals surface area contributed by atoms with Crippen molar-refractivity contribution in [2.45, 2.75) is 31.6 Å². The number of aromatic nitrogens is 1. The second-order valence-electron chi connectivity index (χ2n) is 8.43. The quantitative estimate of drug-likeness (QED) is 0.706. The van der Waals surface area contributed by atoms with Crippen molar-refractivity contribution >= 4 is 27.7 Å². The van der Waals surface area contributed by atoms with Crippen LogP contribution in [0.25, 0.3) is 21.8 Å². The number of hydrogen-bond donors (Lipinski definition) is 1. The molecule has 2 fully saturated rings. The molecule has 1 aromatic heterocycles. The molecule has 2 atom stereocenters. The summed E-state index contributed by atoms with van der Waals surface area (Å²) in [4.78, 5) is 16.7. The van der Waals surface area contributed by atoms with Crippen molar-refractivity contribution < 1.29 is 14.6 Å². The van der Waals surface area contributed by atoms with Gasteiger partial charge in [-0.05, 0) is 25.0 Å². The summed E-state index contributed by atoms with van der Waals surface area (Å²) >= 11 is 0. The van der Waals surface area contributed by atoms with Gasteiger partial charge >= 0.3 is 0 Å².